The van der Waals surface area contributed by atoms with Crippen LogP contribution >= 0.6 is 0 Å². The maximum absolute atomic E-state index is 4.63. The van der Waals surface area contributed by atoms with Gasteiger partial charge in [0.15, 0.2) is 5.82 Å². The number of aromatic amines is 1. The molecule has 21 heavy (non-hydrogen) atoms. The lowest BCUT2D eigenvalue weighted by molar-refractivity contribution is 0.763. The van der Waals surface area contributed by atoms with Crippen LogP contribution in [0.15, 0.2) is 67.5 Å². The molecule has 0 radical (unpaired) electrons. The predicted octanol–water partition coefficient (Wildman–Crippen LogP) is 2.45. The summed E-state index contributed by atoms with van der Waals surface area (Å²) in [6, 6.07) is 11.7. The third kappa shape index (κ3) is 2.12. The summed E-state index contributed by atoms with van der Waals surface area (Å²) in [5.41, 5.74) is 1.66. The molecule has 0 bridgehead atoms. The second-order valence-corrected chi connectivity index (χ2v) is 4.55. The van der Waals surface area contributed by atoms with Gasteiger partial charge in [-0.1, -0.05) is 12.1 Å². The molecule has 0 aliphatic heterocycles. The Kier molecular flexibility index (Phi) is 2.64. The summed E-state index contributed by atoms with van der Waals surface area (Å²) < 4.78 is 3.72. The van der Waals surface area contributed by atoms with Crippen LogP contribution in [-0.4, -0.2) is 29.3 Å². The van der Waals surface area contributed by atoms with Crippen molar-refractivity contribution in [3.63, 3.8) is 0 Å². The minimum atomic E-state index is 0.819. The van der Waals surface area contributed by atoms with Crippen LogP contribution in [0.2, 0.25) is 0 Å². The molecule has 0 aliphatic rings. The average Bonchev–Trinajstić information content (AvgIpc) is 3.00. The predicted molar refractivity (Wildman–Crippen MR) is 78.3 cm³/mol. The maximum Gasteiger partial charge on any atom is 0.151 e. The topological polar surface area (TPSA) is 64.3 Å². The lowest BCUT2D eigenvalue weighted by Gasteiger charge is -2.10. The largest absolute Gasteiger partial charge is 0.299 e. The van der Waals surface area contributed by atoms with Crippen molar-refractivity contribution in [2.24, 2.45) is 0 Å². The first-order chi connectivity index (χ1) is 10.4. The molecule has 0 amide bonds. The van der Waals surface area contributed by atoms with Crippen molar-refractivity contribution in [1.82, 2.24) is 29.3 Å². The van der Waals surface area contributed by atoms with Gasteiger partial charge in [0.25, 0.3) is 0 Å². The molecule has 6 heteroatoms. The highest BCUT2D eigenvalue weighted by atomic mass is 15.3. The number of H-pyrrole nitrogens is 1. The fourth-order valence-corrected chi connectivity index (χ4v) is 2.10. The van der Waals surface area contributed by atoms with Crippen molar-refractivity contribution in [2.45, 2.75) is 0 Å². The lowest BCUT2D eigenvalue weighted by Crippen LogP contribution is -2.06. The zero-order valence-electron chi connectivity index (χ0n) is 11.1. The average molecular weight is 276 g/mol. The minimum Gasteiger partial charge on any atom is -0.299 e. The minimum absolute atomic E-state index is 0.819. The normalized spacial score (nSPS) is 10.9. The summed E-state index contributed by atoms with van der Waals surface area (Å²) in [6.45, 7) is 0. The van der Waals surface area contributed by atoms with E-state index in [1.54, 1.807) is 12.5 Å². The van der Waals surface area contributed by atoms with E-state index in [0.717, 1.165) is 23.0 Å². The molecule has 4 rings (SSSR count). The molecule has 6 nitrogen and oxygen atoms in total. The van der Waals surface area contributed by atoms with Crippen molar-refractivity contribution in [3.05, 3.63) is 67.5 Å². The molecule has 0 aliphatic carbocycles. The van der Waals surface area contributed by atoms with Crippen LogP contribution in [0.25, 0.3) is 23.0 Å². The Morgan fingerprint density at radius 2 is 1.57 bits per heavy atom. The van der Waals surface area contributed by atoms with Gasteiger partial charge in [0.05, 0.1) is 11.4 Å². The molecule has 4 aromatic heterocycles. The molecular weight excluding hydrogens is 264 g/mol. The maximum atomic E-state index is 4.63. The van der Waals surface area contributed by atoms with Crippen LogP contribution in [-0.2, 0) is 0 Å². The molecular formula is C15H12N6. The Hall–Kier alpha value is -3.15. The monoisotopic (exact) mass is 276 g/mol. The molecule has 0 saturated carbocycles. The van der Waals surface area contributed by atoms with E-state index in [4.69, 9.17) is 0 Å². The van der Waals surface area contributed by atoms with Crippen molar-refractivity contribution in [2.75, 3.05) is 0 Å². The van der Waals surface area contributed by atoms with E-state index in [1.807, 2.05) is 64.2 Å². The Morgan fingerprint density at radius 1 is 0.857 bits per heavy atom. The zero-order chi connectivity index (χ0) is 14.1. The second-order valence-electron chi connectivity index (χ2n) is 4.55. The first kappa shape index (κ1) is 11.7. The molecule has 0 unspecified atom stereocenters. The molecule has 0 aromatic carbocycles. The third-order valence-corrected chi connectivity index (χ3v) is 3.18. The second kappa shape index (κ2) is 4.75. The molecule has 4 heterocycles. The van der Waals surface area contributed by atoms with Crippen LogP contribution in [0.1, 0.15) is 0 Å². The van der Waals surface area contributed by atoms with Gasteiger partial charge in [-0.15, -0.1) is 0 Å². The van der Waals surface area contributed by atoms with E-state index in [0.29, 0.717) is 0 Å². The van der Waals surface area contributed by atoms with Crippen molar-refractivity contribution < 1.29 is 0 Å². The highest BCUT2D eigenvalue weighted by Crippen LogP contribution is 2.18. The Morgan fingerprint density at radius 3 is 2.19 bits per heavy atom. The van der Waals surface area contributed by atoms with Crippen LogP contribution in [0.5, 0.6) is 0 Å². The van der Waals surface area contributed by atoms with Gasteiger partial charge in [0.2, 0.25) is 0 Å². The number of hydrogen-bond donors (Lipinski definition) is 1. The smallest absolute Gasteiger partial charge is 0.151 e. The van der Waals surface area contributed by atoms with Gasteiger partial charge in [0, 0.05) is 24.8 Å². The van der Waals surface area contributed by atoms with Crippen LogP contribution in [0, 0.1) is 0 Å². The first-order valence-corrected chi connectivity index (χ1v) is 6.55. The Balaban J connectivity index is 1.76. The van der Waals surface area contributed by atoms with Crippen LogP contribution in [0.3, 0.4) is 0 Å². The van der Waals surface area contributed by atoms with Crippen LogP contribution in [0.4, 0.5) is 0 Å². The molecule has 0 saturated heterocycles. The number of rotatable bonds is 3. The third-order valence-electron chi connectivity index (χ3n) is 3.18. The Bertz CT molecular complexity index is 847. The molecule has 0 atom stereocenters. The van der Waals surface area contributed by atoms with E-state index in [1.165, 1.54) is 0 Å². The summed E-state index contributed by atoms with van der Waals surface area (Å²) in [4.78, 5) is 13.3. The van der Waals surface area contributed by atoms with Crippen molar-refractivity contribution in [3.8, 4) is 23.0 Å². The molecule has 102 valence electrons. The van der Waals surface area contributed by atoms with Gasteiger partial charge < -0.3 is 0 Å². The van der Waals surface area contributed by atoms with Gasteiger partial charge in [-0.2, -0.15) is 0 Å². The van der Waals surface area contributed by atoms with Gasteiger partial charge in [-0.3, -0.25) is 9.67 Å². The van der Waals surface area contributed by atoms with E-state index < -0.39 is 0 Å². The number of nitrogens with zero attached hydrogens (tertiary/aromatic N) is 5. The summed E-state index contributed by atoms with van der Waals surface area (Å²) in [5, 5.41) is 3.03. The van der Waals surface area contributed by atoms with Crippen molar-refractivity contribution >= 4 is 0 Å². The molecule has 1 N–H and O–H groups in total. The van der Waals surface area contributed by atoms with Crippen LogP contribution < -0.4 is 0 Å². The SMILES string of the molecule is c1cc(-c2cccc(-n3cc[nH]3)n2)nc(-n2ccnc2)c1. The van der Waals surface area contributed by atoms with E-state index in [9.17, 15) is 0 Å². The van der Waals surface area contributed by atoms with Gasteiger partial charge in [0.1, 0.15) is 12.1 Å². The summed E-state index contributed by atoms with van der Waals surface area (Å²) >= 11 is 0. The summed E-state index contributed by atoms with van der Waals surface area (Å²) in [7, 11) is 0. The molecule has 0 fully saturated rings. The number of pyridine rings is 2. The van der Waals surface area contributed by atoms with Gasteiger partial charge in [-0.25, -0.2) is 19.6 Å². The highest BCUT2D eigenvalue weighted by molar-refractivity contribution is 5.56. The molecule has 4 aromatic rings. The quantitative estimate of drug-likeness (QED) is 0.625. The standard InChI is InChI=1S/C15H12N6/c1-3-12(18-14(5-1)20-9-7-16-11-20)13-4-2-6-15(19-13)21-10-8-17-21/h1-11,17H. The fourth-order valence-electron chi connectivity index (χ4n) is 2.10. The highest BCUT2D eigenvalue weighted by Gasteiger charge is 2.06. The van der Waals surface area contributed by atoms with E-state index in [2.05, 4.69) is 20.1 Å². The molecule has 0 spiro atoms. The van der Waals surface area contributed by atoms with E-state index >= 15 is 0 Å². The number of aromatic nitrogens is 6. The number of hydrogen-bond acceptors (Lipinski definition) is 3. The van der Waals surface area contributed by atoms with Crippen molar-refractivity contribution in [1.29, 1.82) is 0 Å². The zero-order valence-corrected chi connectivity index (χ0v) is 11.1. The lowest BCUT2D eigenvalue weighted by atomic mass is 10.2. The first-order valence-electron chi connectivity index (χ1n) is 6.55. The van der Waals surface area contributed by atoms with E-state index in [-0.39, 0.29) is 0 Å². The fraction of sp³-hybridized carbons (Fsp3) is 0. The number of nitrogens with one attached hydrogen (secondary N) is 1. The number of imidazole rings is 1. The summed E-state index contributed by atoms with van der Waals surface area (Å²) in [6.07, 6.45) is 9.10. The Labute approximate surface area is 120 Å². The van der Waals surface area contributed by atoms with Gasteiger partial charge in [-0.05, 0) is 24.3 Å². The van der Waals surface area contributed by atoms with Gasteiger partial charge >= 0.3 is 0 Å². The summed E-state index contributed by atoms with van der Waals surface area (Å²) in [5.74, 6) is 1.66.